The minimum atomic E-state index is 0.917. The SMILES string of the molecule is [B]N(C)CC. The molecule has 2 heteroatoms. The number of hydrogen-bond acceptors (Lipinski definition) is 1. The molecular formula is C3H8BN. The van der Waals surface area contributed by atoms with Crippen molar-refractivity contribution in [1.29, 1.82) is 0 Å². The highest BCUT2D eigenvalue weighted by Crippen LogP contribution is 1.62. The normalized spacial score (nSPS) is 9.40. The van der Waals surface area contributed by atoms with Crippen LogP contribution in [0.2, 0.25) is 0 Å². The molecule has 0 saturated carbocycles. The Balaban J connectivity index is 2.54. The van der Waals surface area contributed by atoms with E-state index in [1.165, 1.54) is 0 Å². The summed E-state index contributed by atoms with van der Waals surface area (Å²) in [5.41, 5.74) is 0. The average molecular weight is 68.9 g/mol. The number of rotatable bonds is 1. The molecule has 0 unspecified atom stereocenters. The minimum Gasteiger partial charge on any atom is -0.356 e. The van der Waals surface area contributed by atoms with Gasteiger partial charge in [0.15, 0.2) is 7.98 Å². The first-order valence-electron chi connectivity index (χ1n) is 1.73. The maximum Gasteiger partial charge on any atom is 0.182 e. The predicted octanol–water partition coefficient (Wildman–Crippen LogP) is 0.0216. The smallest absolute Gasteiger partial charge is 0.182 e. The molecule has 0 aliphatic heterocycles. The third-order valence-electron chi connectivity index (χ3n) is 0.499. The maximum atomic E-state index is 5.12. The Kier molecular flexibility index (Phi) is 2.28. The number of nitrogens with zero attached hydrogens (tertiary/aromatic N) is 1. The zero-order valence-electron chi connectivity index (χ0n) is 3.73. The molecule has 28 valence electrons. The van der Waals surface area contributed by atoms with Gasteiger partial charge < -0.3 is 4.81 Å². The van der Waals surface area contributed by atoms with E-state index in [2.05, 4.69) is 0 Å². The molecule has 2 radical (unpaired) electrons. The van der Waals surface area contributed by atoms with Crippen LogP contribution in [0, 0.1) is 0 Å². The lowest BCUT2D eigenvalue weighted by Crippen LogP contribution is -2.11. The molecule has 0 spiro atoms. The molecule has 5 heavy (non-hydrogen) atoms. The fourth-order valence-electron chi connectivity index (χ4n) is 0. The van der Waals surface area contributed by atoms with Crippen LogP contribution in [0.5, 0.6) is 0 Å². The summed E-state index contributed by atoms with van der Waals surface area (Å²) in [5, 5.41) is 0. The van der Waals surface area contributed by atoms with Gasteiger partial charge in [0, 0.05) is 0 Å². The van der Waals surface area contributed by atoms with Gasteiger partial charge in [0.2, 0.25) is 0 Å². The van der Waals surface area contributed by atoms with E-state index in [0.29, 0.717) is 0 Å². The molecule has 0 bridgehead atoms. The average Bonchev–Trinajstić information content (AvgIpc) is 1.38. The molecule has 1 nitrogen and oxygen atoms in total. The lowest BCUT2D eigenvalue weighted by molar-refractivity contribution is 0.581. The van der Waals surface area contributed by atoms with Crippen LogP contribution in [-0.2, 0) is 0 Å². The van der Waals surface area contributed by atoms with Crippen molar-refractivity contribution in [2.24, 2.45) is 0 Å². The Morgan fingerprint density at radius 2 is 2.00 bits per heavy atom. The summed E-state index contributed by atoms with van der Waals surface area (Å²) >= 11 is 0. The molecule has 0 saturated heterocycles. The van der Waals surface area contributed by atoms with Crippen molar-refractivity contribution in [3.63, 3.8) is 0 Å². The van der Waals surface area contributed by atoms with Crippen LogP contribution < -0.4 is 0 Å². The molecule has 0 N–H and O–H groups in total. The molecule has 0 rings (SSSR count). The molecular weight excluding hydrogens is 60.9 g/mol. The second kappa shape index (κ2) is 2.27. The lowest BCUT2D eigenvalue weighted by Gasteiger charge is -2.00. The van der Waals surface area contributed by atoms with Gasteiger partial charge in [-0.1, -0.05) is 6.92 Å². The van der Waals surface area contributed by atoms with E-state index in [0.717, 1.165) is 6.54 Å². The van der Waals surface area contributed by atoms with Gasteiger partial charge in [-0.25, -0.2) is 0 Å². The summed E-state index contributed by atoms with van der Waals surface area (Å²) in [4.78, 5) is 1.62. The molecule has 0 fully saturated rings. The van der Waals surface area contributed by atoms with Crippen molar-refractivity contribution in [3.05, 3.63) is 0 Å². The van der Waals surface area contributed by atoms with Crippen LogP contribution in [0.3, 0.4) is 0 Å². The standard InChI is InChI=1S/C3H8BN/c1-3-5(2)4/h3H2,1-2H3. The molecule has 0 atom stereocenters. The Bertz CT molecular complexity index is 20.9. The van der Waals surface area contributed by atoms with Gasteiger partial charge in [0.25, 0.3) is 0 Å². The summed E-state index contributed by atoms with van der Waals surface area (Å²) in [6, 6.07) is 0. The van der Waals surface area contributed by atoms with E-state index in [-0.39, 0.29) is 0 Å². The van der Waals surface area contributed by atoms with Crippen LogP contribution in [0.1, 0.15) is 6.92 Å². The van der Waals surface area contributed by atoms with Crippen molar-refractivity contribution in [2.75, 3.05) is 13.6 Å². The van der Waals surface area contributed by atoms with Crippen molar-refractivity contribution >= 4 is 7.98 Å². The summed E-state index contributed by atoms with van der Waals surface area (Å²) in [7, 11) is 6.96. The number of hydrogen-bond donors (Lipinski definition) is 0. The van der Waals surface area contributed by atoms with Gasteiger partial charge in [0.1, 0.15) is 0 Å². The maximum absolute atomic E-state index is 5.12. The van der Waals surface area contributed by atoms with E-state index < -0.39 is 0 Å². The van der Waals surface area contributed by atoms with E-state index >= 15 is 0 Å². The summed E-state index contributed by atoms with van der Waals surface area (Å²) in [5.74, 6) is 0. The monoisotopic (exact) mass is 69.1 g/mol. The summed E-state index contributed by atoms with van der Waals surface area (Å²) in [6.07, 6.45) is 0. The van der Waals surface area contributed by atoms with E-state index in [9.17, 15) is 0 Å². The first kappa shape index (κ1) is 5.02. The Morgan fingerprint density at radius 1 is 1.80 bits per heavy atom. The van der Waals surface area contributed by atoms with Crippen molar-refractivity contribution in [3.8, 4) is 0 Å². The third-order valence-corrected chi connectivity index (χ3v) is 0.499. The zero-order chi connectivity index (χ0) is 4.28. The van der Waals surface area contributed by atoms with Gasteiger partial charge in [-0.15, -0.1) is 0 Å². The first-order chi connectivity index (χ1) is 2.27. The summed E-state index contributed by atoms with van der Waals surface area (Å²) in [6.45, 7) is 2.92. The van der Waals surface area contributed by atoms with Gasteiger partial charge in [0.05, 0.1) is 0 Å². The zero-order valence-corrected chi connectivity index (χ0v) is 3.73. The topological polar surface area (TPSA) is 3.24 Å². The quantitative estimate of drug-likeness (QED) is 0.392. The molecule has 0 aromatic carbocycles. The lowest BCUT2D eigenvalue weighted by atomic mass is 10.3. The van der Waals surface area contributed by atoms with Gasteiger partial charge in [-0.2, -0.15) is 0 Å². The third kappa shape index (κ3) is 4.02. The summed E-state index contributed by atoms with van der Waals surface area (Å²) < 4.78 is 0. The van der Waals surface area contributed by atoms with E-state index in [4.69, 9.17) is 7.98 Å². The molecule has 0 aliphatic carbocycles. The molecule has 0 aliphatic rings. The van der Waals surface area contributed by atoms with Crippen molar-refractivity contribution in [1.82, 2.24) is 4.81 Å². The van der Waals surface area contributed by atoms with Crippen LogP contribution in [0.15, 0.2) is 0 Å². The second-order valence-corrected chi connectivity index (χ2v) is 1.07. The Hall–Kier alpha value is 0.0249. The molecule has 0 heterocycles. The van der Waals surface area contributed by atoms with Gasteiger partial charge in [-0.3, -0.25) is 0 Å². The first-order valence-corrected chi connectivity index (χ1v) is 1.73. The van der Waals surface area contributed by atoms with Gasteiger partial charge >= 0.3 is 0 Å². The predicted molar refractivity (Wildman–Crippen MR) is 24.1 cm³/mol. The van der Waals surface area contributed by atoms with E-state index in [1.54, 1.807) is 4.81 Å². The Morgan fingerprint density at radius 3 is 2.00 bits per heavy atom. The van der Waals surface area contributed by atoms with Crippen molar-refractivity contribution < 1.29 is 0 Å². The molecule has 0 aromatic rings. The fraction of sp³-hybridized carbons (Fsp3) is 1.00. The molecule has 0 aromatic heterocycles. The van der Waals surface area contributed by atoms with Crippen LogP contribution in [0.4, 0.5) is 0 Å². The largest absolute Gasteiger partial charge is 0.356 e. The fourth-order valence-corrected chi connectivity index (χ4v) is 0. The minimum absolute atomic E-state index is 0.917. The second-order valence-electron chi connectivity index (χ2n) is 1.07. The van der Waals surface area contributed by atoms with Gasteiger partial charge in [-0.05, 0) is 13.6 Å². The van der Waals surface area contributed by atoms with Crippen molar-refractivity contribution in [2.45, 2.75) is 6.92 Å². The highest BCUT2D eigenvalue weighted by atomic mass is 15.0. The Labute approximate surface area is 34.4 Å². The van der Waals surface area contributed by atoms with Crippen LogP contribution in [0.25, 0.3) is 0 Å². The van der Waals surface area contributed by atoms with E-state index in [1.807, 2.05) is 14.0 Å². The highest BCUT2D eigenvalue weighted by molar-refractivity contribution is 6.04. The highest BCUT2D eigenvalue weighted by Gasteiger charge is 1.72. The van der Waals surface area contributed by atoms with Crippen LogP contribution in [-0.4, -0.2) is 26.4 Å². The molecule has 0 amide bonds. The van der Waals surface area contributed by atoms with Crippen LogP contribution >= 0.6 is 0 Å².